The van der Waals surface area contributed by atoms with Gasteiger partial charge in [-0.2, -0.15) is 0 Å². The third kappa shape index (κ3) is 3.00. The van der Waals surface area contributed by atoms with Crippen molar-refractivity contribution in [3.8, 4) is 33.1 Å². The Hall–Kier alpha value is -3.37. The summed E-state index contributed by atoms with van der Waals surface area (Å²) in [7, 11) is 0. The molecule has 27 heavy (non-hydrogen) atoms. The summed E-state index contributed by atoms with van der Waals surface area (Å²) < 4.78 is 0. The molecule has 0 unspecified atom stereocenters. The van der Waals surface area contributed by atoms with Crippen LogP contribution in [0.15, 0.2) is 90.4 Å². The topological polar surface area (TPSA) is 38.7 Å². The second-order valence-corrected chi connectivity index (χ2v) is 7.14. The van der Waals surface area contributed by atoms with Gasteiger partial charge in [0.05, 0.1) is 5.52 Å². The summed E-state index contributed by atoms with van der Waals surface area (Å²) in [6.45, 7) is 0. The minimum atomic E-state index is 0.715. The van der Waals surface area contributed by atoms with Crippen molar-refractivity contribution in [2.24, 2.45) is 0 Å². The Morgan fingerprint density at radius 3 is 2.11 bits per heavy atom. The highest BCUT2D eigenvalue weighted by Crippen LogP contribution is 2.31. The van der Waals surface area contributed by atoms with E-state index in [0.717, 1.165) is 33.4 Å². The van der Waals surface area contributed by atoms with Crippen LogP contribution in [-0.4, -0.2) is 15.0 Å². The molecule has 3 aromatic heterocycles. The van der Waals surface area contributed by atoms with Gasteiger partial charge >= 0.3 is 0 Å². The largest absolute Gasteiger partial charge is 0.252 e. The van der Waals surface area contributed by atoms with Crippen LogP contribution in [0.2, 0.25) is 0 Å². The van der Waals surface area contributed by atoms with Crippen LogP contribution in [0.4, 0.5) is 0 Å². The van der Waals surface area contributed by atoms with Crippen molar-refractivity contribution in [1.29, 1.82) is 0 Å². The molecule has 128 valence electrons. The molecule has 0 saturated carbocycles. The smallest absolute Gasteiger partial charge is 0.160 e. The first-order valence-electron chi connectivity index (χ1n) is 8.71. The van der Waals surface area contributed by atoms with Gasteiger partial charge in [0.2, 0.25) is 0 Å². The molecule has 5 aromatic rings. The normalized spacial score (nSPS) is 11.0. The Morgan fingerprint density at radius 2 is 1.41 bits per heavy atom. The van der Waals surface area contributed by atoms with E-state index in [4.69, 9.17) is 15.0 Å². The maximum atomic E-state index is 4.86. The van der Waals surface area contributed by atoms with Gasteiger partial charge in [-0.3, -0.25) is 4.98 Å². The first-order chi connectivity index (χ1) is 13.4. The average Bonchev–Trinajstić information content (AvgIpc) is 3.29. The van der Waals surface area contributed by atoms with Crippen LogP contribution in [-0.2, 0) is 0 Å². The van der Waals surface area contributed by atoms with Gasteiger partial charge in [-0.1, -0.05) is 66.7 Å². The number of aromatic nitrogens is 3. The summed E-state index contributed by atoms with van der Waals surface area (Å²) in [6, 6.07) is 26.5. The van der Waals surface area contributed by atoms with Gasteiger partial charge in [0.1, 0.15) is 11.2 Å². The van der Waals surface area contributed by atoms with Gasteiger partial charge in [-0.05, 0) is 17.5 Å². The molecule has 0 radical (unpaired) electrons. The molecule has 5 rings (SSSR count). The molecule has 0 atom stereocenters. The summed E-state index contributed by atoms with van der Waals surface area (Å²) in [5.41, 5.74) is 5.65. The summed E-state index contributed by atoms with van der Waals surface area (Å²) in [6.07, 6.45) is 1.91. The van der Waals surface area contributed by atoms with E-state index >= 15 is 0 Å². The molecular formula is C23H15N3S. The minimum Gasteiger partial charge on any atom is -0.252 e. The number of hydrogen-bond donors (Lipinski definition) is 0. The van der Waals surface area contributed by atoms with Crippen molar-refractivity contribution >= 4 is 22.4 Å². The number of nitrogens with zero attached hydrogens (tertiary/aromatic N) is 3. The molecule has 0 aliphatic rings. The first kappa shape index (κ1) is 15.9. The molecule has 3 heterocycles. The van der Waals surface area contributed by atoms with Crippen LogP contribution < -0.4 is 0 Å². The lowest BCUT2D eigenvalue weighted by atomic mass is 10.1. The average molecular weight is 365 g/mol. The zero-order valence-corrected chi connectivity index (χ0v) is 15.2. The van der Waals surface area contributed by atoms with Gasteiger partial charge in [-0.15, -0.1) is 11.3 Å². The van der Waals surface area contributed by atoms with Crippen LogP contribution in [0.1, 0.15) is 0 Å². The Bertz CT molecular complexity index is 1200. The van der Waals surface area contributed by atoms with Crippen molar-refractivity contribution in [1.82, 2.24) is 15.0 Å². The fraction of sp³-hybridized carbons (Fsp3) is 0. The molecule has 0 saturated heterocycles. The number of thiophene rings is 1. The fourth-order valence-corrected chi connectivity index (χ4v) is 3.82. The molecular weight excluding hydrogens is 350 g/mol. The highest BCUT2D eigenvalue weighted by Gasteiger charge is 2.13. The maximum Gasteiger partial charge on any atom is 0.160 e. The van der Waals surface area contributed by atoms with Gasteiger partial charge in [-0.25, -0.2) is 9.97 Å². The van der Waals surface area contributed by atoms with Crippen LogP contribution >= 0.6 is 11.3 Å². The third-order valence-corrected chi connectivity index (χ3v) is 5.34. The lowest BCUT2D eigenvalue weighted by Gasteiger charge is -2.09. The second-order valence-electron chi connectivity index (χ2n) is 6.20. The predicted molar refractivity (Wildman–Crippen MR) is 112 cm³/mol. The van der Waals surface area contributed by atoms with E-state index in [-0.39, 0.29) is 0 Å². The van der Waals surface area contributed by atoms with Gasteiger partial charge < -0.3 is 0 Å². The van der Waals surface area contributed by atoms with E-state index < -0.39 is 0 Å². The zero-order valence-electron chi connectivity index (χ0n) is 14.4. The van der Waals surface area contributed by atoms with E-state index in [0.29, 0.717) is 5.82 Å². The van der Waals surface area contributed by atoms with E-state index in [1.807, 2.05) is 54.7 Å². The van der Waals surface area contributed by atoms with Crippen LogP contribution in [0.25, 0.3) is 44.1 Å². The summed E-state index contributed by atoms with van der Waals surface area (Å²) in [4.78, 5) is 15.6. The highest BCUT2D eigenvalue weighted by molar-refractivity contribution is 7.13. The van der Waals surface area contributed by atoms with Crippen LogP contribution in [0.3, 0.4) is 0 Å². The summed E-state index contributed by atoms with van der Waals surface area (Å²) in [5.74, 6) is 0.715. The standard InChI is InChI=1S/C23H15N3S/c1-3-8-16(9-4-1)21-22-19(14-18(15-24-22)20-12-7-13-27-20)25-23(26-21)17-10-5-2-6-11-17/h1-15H. The van der Waals surface area contributed by atoms with Crippen LogP contribution in [0.5, 0.6) is 0 Å². The lowest BCUT2D eigenvalue weighted by molar-refractivity contribution is 1.21. The molecule has 0 bridgehead atoms. The van der Waals surface area contributed by atoms with Gasteiger partial charge in [0.25, 0.3) is 0 Å². The van der Waals surface area contributed by atoms with Crippen molar-refractivity contribution in [3.63, 3.8) is 0 Å². The van der Waals surface area contributed by atoms with E-state index in [2.05, 4.69) is 35.7 Å². The molecule has 2 aromatic carbocycles. The zero-order chi connectivity index (χ0) is 18.1. The first-order valence-corrected chi connectivity index (χ1v) is 9.59. The molecule has 0 amide bonds. The minimum absolute atomic E-state index is 0.715. The van der Waals surface area contributed by atoms with Crippen LogP contribution in [0, 0.1) is 0 Å². The molecule has 4 heteroatoms. The molecule has 0 aliphatic heterocycles. The van der Waals surface area contributed by atoms with Crippen molar-refractivity contribution in [3.05, 3.63) is 90.4 Å². The fourth-order valence-electron chi connectivity index (χ4n) is 3.11. The Labute approximate surface area is 161 Å². The maximum absolute atomic E-state index is 4.86. The predicted octanol–water partition coefficient (Wildman–Crippen LogP) is 6.09. The number of pyridine rings is 1. The van der Waals surface area contributed by atoms with Crippen molar-refractivity contribution in [2.45, 2.75) is 0 Å². The Morgan fingerprint density at radius 1 is 0.667 bits per heavy atom. The van der Waals surface area contributed by atoms with Gasteiger partial charge in [0.15, 0.2) is 5.82 Å². The van der Waals surface area contributed by atoms with Crippen molar-refractivity contribution in [2.75, 3.05) is 0 Å². The third-order valence-electron chi connectivity index (χ3n) is 4.42. The van der Waals surface area contributed by atoms with E-state index in [1.165, 1.54) is 4.88 Å². The lowest BCUT2D eigenvalue weighted by Crippen LogP contribution is -1.97. The van der Waals surface area contributed by atoms with E-state index in [9.17, 15) is 0 Å². The summed E-state index contributed by atoms with van der Waals surface area (Å²) in [5, 5.41) is 2.07. The second kappa shape index (κ2) is 6.74. The number of rotatable bonds is 3. The number of hydrogen-bond acceptors (Lipinski definition) is 4. The SMILES string of the molecule is c1ccc(-c2nc(-c3ccccc3)c3ncc(-c4cccs4)cc3n2)cc1. The monoisotopic (exact) mass is 365 g/mol. The number of benzene rings is 2. The Kier molecular flexibility index (Phi) is 3.96. The molecule has 0 aliphatic carbocycles. The Balaban J connectivity index is 1.79. The van der Waals surface area contributed by atoms with Crippen molar-refractivity contribution < 1.29 is 0 Å². The molecule has 3 nitrogen and oxygen atoms in total. The molecule has 0 spiro atoms. The van der Waals surface area contributed by atoms with E-state index in [1.54, 1.807) is 11.3 Å². The number of fused-ring (bicyclic) bond motifs is 1. The van der Waals surface area contributed by atoms with Gasteiger partial charge in [0, 0.05) is 27.8 Å². The highest BCUT2D eigenvalue weighted by atomic mass is 32.1. The quantitative estimate of drug-likeness (QED) is 0.388. The molecule has 0 fully saturated rings. The molecule has 0 N–H and O–H groups in total. The summed E-state index contributed by atoms with van der Waals surface area (Å²) >= 11 is 1.70.